The molecule has 1 fully saturated rings. The molecule has 6 heteroatoms. The van der Waals surface area contributed by atoms with Crippen LogP contribution in [0.5, 0.6) is 0 Å². The number of nitrogens with one attached hydrogen (secondary N) is 2. The number of benzene rings is 3. The zero-order chi connectivity index (χ0) is 22.7. The third-order valence-corrected chi connectivity index (χ3v) is 5.56. The number of hydrogen-bond acceptors (Lipinski definition) is 2. The van der Waals surface area contributed by atoms with Gasteiger partial charge in [0, 0.05) is 16.7 Å². The van der Waals surface area contributed by atoms with Crippen molar-refractivity contribution in [2.45, 2.75) is 31.8 Å². The largest absolute Gasteiger partial charge is 0.334 e. The van der Waals surface area contributed by atoms with E-state index in [1.54, 1.807) is 4.68 Å². The molecule has 3 aromatic rings. The van der Waals surface area contributed by atoms with E-state index in [1.807, 2.05) is 48.7 Å². The highest BCUT2D eigenvalue weighted by molar-refractivity contribution is 5.98. The first-order chi connectivity index (χ1) is 15.4. The van der Waals surface area contributed by atoms with Gasteiger partial charge in [-0.15, -0.1) is 10.1 Å². The SMILES string of the molecule is CC(C)c1ccc(/C=[N+]2\NC(=O)[C@H](NC(=O)c3ccc(F)cc3)[C@@H]2c2ccccc2)cc1. The van der Waals surface area contributed by atoms with E-state index < -0.39 is 23.8 Å². The third-order valence-electron chi connectivity index (χ3n) is 5.56. The predicted octanol–water partition coefficient (Wildman–Crippen LogP) is 3.97. The number of hydrogen-bond donors (Lipinski definition) is 2. The lowest BCUT2D eigenvalue weighted by Gasteiger charge is -2.14. The highest BCUT2D eigenvalue weighted by Crippen LogP contribution is 2.25. The minimum atomic E-state index is -0.818. The summed E-state index contributed by atoms with van der Waals surface area (Å²) in [4.78, 5) is 25.6. The van der Waals surface area contributed by atoms with Crippen molar-refractivity contribution in [3.63, 3.8) is 0 Å². The normalized spacial score (nSPS) is 19.2. The molecule has 2 amide bonds. The zero-order valence-corrected chi connectivity index (χ0v) is 18.0. The molecule has 3 aromatic carbocycles. The second-order valence-corrected chi connectivity index (χ2v) is 8.15. The number of hydrazone groups is 1. The molecule has 5 nitrogen and oxygen atoms in total. The van der Waals surface area contributed by atoms with Crippen molar-refractivity contribution in [2.75, 3.05) is 0 Å². The third kappa shape index (κ3) is 4.59. The summed E-state index contributed by atoms with van der Waals surface area (Å²) in [5.41, 5.74) is 6.20. The Hall–Kier alpha value is -3.80. The van der Waals surface area contributed by atoms with Crippen LogP contribution in [0.25, 0.3) is 0 Å². The molecule has 32 heavy (non-hydrogen) atoms. The molecule has 0 saturated carbocycles. The molecule has 1 saturated heterocycles. The minimum absolute atomic E-state index is 0.290. The number of carbonyl (C=O) groups is 2. The Bertz CT molecular complexity index is 1140. The Labute approximate surface area is 186 Å². The van der Waals surface area contributed by atoms with Crippen molar-refractivity contribution in [1.82, 2.24) is 10.7 Å². The molecule has 1 heterocycles. The maximum atomic E-state index is 13.2. The van der Waals surface area contributed by atoms with Crippen LogP contribution in [-0.2, 0) is 4.79 Å². The molecular formula is C26H25FN3O2+. The molecule has 162 valence electrons. The number of amides is 2. The molecule has 0 unspecified atom stereocenters. The lowest BCUT2D eigenvalue weighted by atomic mass is 9.99. The summed E-state index contributed by atoms with van der Waals surface area (Å²) >= 11 is 0. The average molecular weight is 431 g/mol. The van der Waals surface area contributed by atoms with Crippen molar-refractivity contribution >= 4 is 18.0 Å². The summed E-state index contributed by atoms with van der Waals surface area (Å²) in [6.07, 6.45) is 1.86. The molecule has 4 rings (SSSR count). The molecule has 0 aromatic heterocycles. The van der Waals surface area contributed by atoms with Crippen LogP contribution >= 0.6 is 0 Å². The van der Waals surface area contributed by atoms with E-state index >= 15 is 0 Å². The van der Waals surface area contributed by atoms with Gasteiger partial charge in [0.05, 0.1) is 0 Å². The topological polar surface area (TPSA) is 61.2 Å². The minimum Gasteiger partial charge on any atom is -0.334 e. The average Bonchev–Trinajstić information content (AvgIpc) is 3.09. The van der Waals surface area contributed by atoms with Crippen molar-refractivity contribution in [2.24, 2.45) is 0 Å². The van der Waals surface area contributed by atoms with Crippen molar-refractivity contribution in [3.8, 4) is 0 Å². The van der Waals surface area contributed by atoms with Gasteiger partial charge in [-0.2, -0.15) is 0 Å². The van der Waals surface area contributed by atoms with Gasteiger partial charge in [-0.1, -0.05) is 56.3 Å². The standard InChI is InChI=1S/C26H24FN3O2/c1-17(2)19-10-8-18(9-11-19)16-30-24(20-6-4-3-5-7-20)23(26(32)29-30)28-25(31)21-12-14-22(27)15-13-21/h3-17,23-24H,1-2H3,(H-,28,29,31,32)/p+1/b30-16-/t23-,24+/m1/s1. The van der Waals surface area contributed by atoms with Gasteiger partial charge in [-0.3, -0.25) is 9.59 Å². The van der Waals surface area contributed by atoms with Gasteiger partial charge in [0.2, 0.25) is 12.3 Å². The van der Waals surface area contributed by atoms with E-state index in [0.29, 0.717) is 5.92 Å². The predicted molar refractivity (Wildman–Crippen MR) is 121 cm³/mol. The molecule has 1 aliphatic rings. The summed E-state index contributed by atoms with van der Waals surface area (Å²) in [6, 6.07) is 21.7. The quantitative estimate of drug-likeness (QED) is 0.602. The van der Waals surface area contributed by atoms with Crippen LogP contribution in [0.1, 0.15) is 52.9 Å². The first kappa shape index (κ1) is 21.4. The summed E-state index contributed by atoms with van der Waals surface area (Å²) in [7, 11) is 0. The second kappa shape index (κ2) is 9.14. The van der Waals surface area contributed by atoms with Crippen LogP contribution in [0.4, 0.5) is 4.39 Å². The lowest BCUT2D eigenvalue weighted by Crippen LogP contribution is -2.42. The highest BCUT2D eigenvalue weighted by atomic mass is 19.1. The molecule has 0 aliphatic carbocycles. The molecule has 0 spiro atoms. The monoisotopic (exact) mass is 430 g/mol. The maximum Gasteiger partial charge on any atom is 0.304 e. The van der Waals surface area contributed by atoms with Gasteiger partial charge in [0.25, 0.3) is 5.91 Å². The van der Waals surface area contributed by atoms with E-state index in [-0.39, 0.29) is 11.5 Å². The van der Waals surface area contributed by atoms with E-state index in [1.165, 1.54) is 29.8 Å². The van der Waals surface area contributed by atoms with Crippen LogP contribution in [0.15, 0.2) is 78.9 Å². The smallest absolute Gasteiger partial charge is 0.304 e. The lowest BCUT2D eigenvalue weighted by molar-refractivity contribution is -0.596. The first-order valence-electron chi connectivity index (χ1n) is 10.6. The fraction of sp³-hybridized carbons (Fsp3) is 0.192. The van der Waals surface area contributed by atoms with Crippen LogP contribution in [0.3, 0.4) is 0 Å². The number of halogens is 1. The van der Waals surface area contributed by atoms with Crippen molar-refractivity contribution in [1.29, 1.82) is 0 Å². The summed E-state index contributed by atoms with van der Waals surface area (Å²) in [5.74, 6) is -0.746. The van der Waals surface area contributed by atoms with E-state index in [2.05, 4.69) is 36.7 Å². The molecule has 1 aliphatic heterocycles. The van der Waals surface area contributed by atoms with Crippen LogP contribution in [0, 0.1) is 5.82 Å². The maximum absolute atomic E-state index is 13.2. The van der Waals surface area contributed by atoms with E-state index in [9.17, 15) is 14.0 Å². The number of carbonyl (C=O) groups excluding carboxylic acids is 2. The van der Waals surface area contributed by atoms with Gasteiger partial charge < -0.3 is 5.32 Å². The molecule has 0 radical (unpaired) electrons. The number of nitrogens with zero attached hydrogens (tertiary/aromatic N) is 1. The highest BCUT2D eigenvalue weighted by Gasteiger charge is 2.47. The van der Waals surface area contributed by atoms with Gasteiger partial charge in [0.15, 0.2) is 6.04 Å². The van der Waals surface area contributed by atoms with Crippen molar-refractivity contribution in [3.05, 3.63) is 107 Å². The van der Waals surface area contributed by atoms with Crippen LogP contribution < -0.4 is 10.7 Å². The summed E-state index contributed by atoms with van der Waals surface area (Å²) in [6.45, 7) is 4.28. The van der Waals surface area contributed by atoms with Crippen LogP contribution in [0.2, 0.25) is 0 Å². The van der Waals surface area contributed by atoms with Gasteiger partial charge in [-0.05, 0) is 47.9 Å². The van der Waals surface area contributed by atoms with Gasteiger partial charge >= 0.3 is 5.91 Å². The summed E-state index contributed by atoms with van der Waals surface area (Å²) in [5, 5.41) is 2.82. The fourth-order valence-electron chi connectivity index (χ4n) is 3.78. The number of rotatable bonds is 5. The molecule has 2 N–H and O–H groups in total. The second-order valence-electron chi connectivity index (χ2n) is 8.15. The molecular weight excluding hydrogens is 405 g/mol. The fourth-order valence-corrected chi connectivity index (χ4v) is 3.78. The van der Waals surface area contributed by atoms with Gasteiger partial charge in [-0.25, -0.2) is 4.39 Å². The van der Waals surface area contributed by atoms with Crippen molar-refractivity contribution < 1.29 is 18.7 Å². The summed E-state index contributed by atoms with van der Waals surface area (Å²) < 4.78 is 15.0. The number of hydrazine groups is 1. The van der Waals surface area contributed by atoms with E-state index in [0.717, 1.165) is 11.1 Å². The Morgan fingerprint density at radius 2 is 1.66 bits per heavy atom. The Morgan fingerprint density at radius 1 is 1.00 bits per heavy atom. The first-order valence-corrected chi connectivity index (χ1v) is 10.6. The Balaban J connectivity index is 1.66. The molecule has 0 bridgehead atoms. The van der Waals surface area contributed by atoms with Gasteiger partial charge in [0.1, 0.15) is 5.82 Å². The Kier molecular flexibility index (Phi) is 6.12. The zero-order valence-electron chi connectivity index (χ0n) is 18.0. The van der Waals surface area contributed by atoms with Crippen LogP contribution in [-0.4, -0.2) is 28.8 Å². The van der Waals surface area contributed by atoms with E-state index in [4.69, 9.17) is 0 Å². The molecule has 2 atom stereocenters. The Morgan fingerprint density at radius 3 is 2.28 bits per heavy atom.